The molecule has 0 bridgehead atoms. The van der Waals surface area contributed by atoms with Gasteiger partial charge in [-0.15, -0.1) is 6.58 Å². The Kier molecular flexibility index (Phi) is 5.05. The third kappa shape index (κ3) is 5.20. The second kappa shape index (κ2) is 5.53. The van der Waals surface area contributed by atoms with E-state index < -0.39 is 11.4 Å². The summed E-state index contributed by atoms with van der Waals surface area (Å²) < 4.78 is 0. The number of carboxylic acids is 1. The Labute approximate surface area is 90.6 Å². The zero-order chi connectivity index (χ0) is 12.1. The minimum absolute atomic E-state index is 0.0321. The lowest BCUT2D eigenvalue weighted by atomic mass is 9.94. The molecule has 0 aromatic carbocycles. The summed E-state index contributed by atoms with van der Waals surface area (Å²) in [6, 6.07) is 0. The number of carboxylic acid groups (broad SMARTS) is 1. The summed E-state index contributed by atoms with van der Waals surface area (Å²) in [7, 11) is 0. The van der Waals surface area contributed by atoms with Crippen LogP contribution in [0.3, 0.4) is 0 Å². The van der Waals surface area contributed by atoms with Crippen molar-refractivity contribution in [2.75, 3.05) is 13.1 Å². The lowest BCUT2D eigenvalue weighted by molar-refractivity contribution is -0.141. The van der Waals surface area contributed by atoms with Gasteiger partial charge in [-0.25, -0.2) is 0 Å². The molecule has 1 N–H and O–H groups in total. The Morgan fingerprint density at radius 2 is 1.93 bits per heavy atom. The lowest BCUT2D eigenvalue weighted by Gasteiger charge is -2.28. The normalized spacial score (nSPS) is 10.9. The molecule has 15 heavy (non-hydrogen) atoms. The number of hydrogen-bond acceptors (Lipinski definition) is 2. The standard InChI is InChI=1S/C11H19NO3/c1-5-7-12(8-6-9(13)14)10(15)11(2,3)4/h5H,1,6-8H2,2-4H3,(H,13,14). The van der Waals surface area contributed by atoms with Gasteiger partial charge in [-0.05, 0) is 0 Å². The largest absolute Gasteiger partial charge is 0.481 e. The van der Waals surface area contributed by atoms with E-state index in [0.29, 0.717) is 6.54 Å². The first-order valence-corrected chi connectivity index (χ1v) is 4.91. The molecule has 0 saturated heterocycles. The number of carbonyl (C=O) groups is 2. The smallest absolute Gasteiger partial charge is 0.305 e. The number of hydrogen-bond donors (Lipinski definition) is 1. The topological polar surface area (TPSA) is 57.6 Å². The third-order valence-electron chi connectivity index (χ3n) is 1.87. The minimum Gasteiger partial charge on any atom is -0.481 e. The van der Waals surface area contributed by atoms with Crippen LogP contribution < -0.4 is 0 Å². The van der Waals surface area contributed by atoms with Crippen molar-refractivity contribution in [1.29, 1.82) is 0 Å². The maximum atomic E-state index is 11.9. The summed E-state index contributed by atoms with van der Waals surface area (Å²) in [5.41, 5.74) is -0.485. The fourth-order valence-electron chi connectivity index (χ4n) is 1.14. The minimum atomic E-state index is -0.897. The first-order valence-electron chi connectivity index (χ1n) is 4.91. The summed E-state index contributed by atoms with van der Waals surface area (Å²) in [5.74, 6) is -0.950. The van der Waals surface area contributed by atoms with Gasteiger partial charge in [-0.1, -0.05) is 26.8 Å². The maximum Gasteiger partial charge on any atom is 0.305 e. The van der Waals surface area contributed by atoms with Gasteiger partial charge >= 0.3 is 5.97 Å². The van der Waals surface area contributed by atoms with E-state index >= 15 is 0 Å². The number of aliphatic carboxylic acids is 1. The molecule has 4 heteroatoms. The Morgan fingerprint density at radius 1 is 1.40 bits per heavy atom. The monoisotopic (exact) mass is 213 g/mol. The van der Waals surface area contributed by atoms with Crippen LogP contribution in [0.15, 0.2) is 12.7 Å². The molecule has 0 unspecified atom stereocenters. The molecule has 0 atom stereocenters. The van der Waals surface area contributed by atoms with Crippen LogP contribution in [0.5, 0.6) is 0 Å². The van der Waals surface area contributed by atoms with E-state index in [9.17, 15) is 9.59 Å². The van der Waals surface area contributed by atoms with Gasteiger partial charge in [-0.3, -0.25) is 9.59 Å². The average molecular weight is 213 g/mol. The second-order valence-electron chi connectivity index (χ2n) is 4.43. The zero-order valence-electron chi connectivity index (χ0n) is 9.62. The lowest BCUT2D eigenvalue weighted by Crippen LogP contribution is -2.40. The van der Waals surface area contributed by atoms with Crippen molar-refractivity contribution in [3.63, 3.8) is 0 Å². The van der Waals surface area contributed by atoms with Crippen LogP contribution >= 0.6 is 0 Å². The van der Waals surface area contributed by atoms with Gasteiger partial charge in [0, 0.05) is 18.5 Å². The molecule has 0 aromatic rings. The number of rotatable bonds is 5. The Bertz CT molecular complexity index is 253. The van der Waals surface area contributed by atoms with Gasteiger partial charge in [0.15, 0.2) is 0 Å². The van der Waals surface area contributed by atoms with Crippen molar-refractivity contribution in [3.8, 4) is 0 Å². The summed E-state index contributed by atoms with van der Waals surface area (Å²) in [6.07, 6.45) is 1.57. The molecule has 1 amide bonds. The molecule has 0 aliphatic rings. The van der Waals surface area contributed by atoms with Crippen LogP contribution in [0, 0.1) is 5.41 Å². The van der Waals surface area contributed by atoms with Gasteiger partial charge in [0.1, 0.15) is 0 Å². The molecular formula is C11H19NO3. The van der Waals surface area contributed by atoms with E-state index in [1.54, 1.807) is 6.08 Å². The van der Waals surface area contributed by atoms with E-state index in [1.807, 2.05) is 20.8 Å². The molecule has 4 nitrogen and oxygen atoms in total. The van der Waals surface area contributed by atoms with Crippen LogP contribution in [-0.2, 0) is 9.59 Å². The van der Waals surface area contributed by atoms with Crippen molar-refractivity contribution in [1.82, 2.24) is 4.90 Å². The van der Waals surface area contributed by atoms with E-state index in [2.05, 4.69) is 6.58 Å². The van der Waals surface area contributed by atoms with Crippen molar-refractivity contribution < 1.29 is 14.7 Å². The fourth-order valence-corrected chi connectivity index (χ4v) is 1.14. The molecule has 0 radical (unpaired) electrons. The molecular weight excluding hydrogens is 194 g/mol. The summed E-state index contributed by atoms with van der Waals surface area (Å²) in [4.78, 5) is 23.8. The van der Waals surface area contributed by atoms with Gasteiger partial charge < -0.3 is 10.0 Å². The second-order valence-corrected chi connectivity index (χ2v) is 4.43. The van der Waals surface area contributed by atoms with Crippen molar-refractivity contribution in [3.05, 3.63) is 12.7 Å². The van der Waals surface area contributed by atoms with E-state index in [0.717, 1.165) is 0 Å². The Balaban J connectivity index is 4.45. The van der Waals surface area contributed by atoms with Crippen LogP contribution in [0.2, 0.25) is 0 Å². The fraction of sp³-hybridized carbons (Fsp3) is 0.636. The highest BCUT2D eigenvalue weighted by Crippen LogP contribution is 2.17. The maximum absolute atomic E-state index is 11.9. The van der Waals surface area contributed by atoms with Crippen LogP contribution in [0.1, 0.15) is 27.2 Å². The van der Waals surface area contributed by atoms with E-state index in [4.69, 9.17) is 5.11 Å². The van der Waals surface area contributed by atoms with Crippen LogP contribution in [-0.4, -0.2) is 35.0 Å². The molecule has 0 aliphatic heterocycles. The number of carbonyl (C=O) groups excluding carboxylic acids is 1. The Hall–Kier alpha value is -1.32. The highest BCUT2D eigenvalue weighted by atomic mass is 16.4. The third-order valence-corrected chi connectivity index (χ3v) is 1.87. The molecule has 0 spiro atoms. The quantitative estimate of drug-likeness (QED) is 0.704. The summed E-state index contributed by atoms with van der Waals surface area (Å²) in [5, 5.41) is 8.55. The van der Waals surface area contributed by atoms with E-state index in [-0.39, 0.29) is 18.9 Å². The van der Waals surface area contributed by atoms with Crippen LogP contribution in [0.25, 0.3) is 0 Å². The average Bonchev–Trinajstić information content (AvgIpc) is 2.09. The SMILES string of the molecule is C=CCN(CCC(=O)O)C(=O)C(C)(C)C. The van der Waals surface area contributed by atoms with E-state index in [1.165, 1.54) is 4.90 Å². The van der Waals surface area contributed by atoms with Gasteiger partial charge in [0.2, 0.25) is 5.91 Å². The van der Waals surface area contributed by atoms with Gasteiger partial charge in [-0.2, -0.15) is 0 Å². The number of amides is 1. The zero-order valence-corrected chi connectivity index (χ0v) is 9.62. The molecule has 0 saturated carbocycles. The molecule has 0 heterocycles. The van der Waals surface area contributed by atoms with Crippen molar-refractivity contribution >= 4 is 11.9 Å². The van der Waals surface area contributed by atoms with Gasteiger partial charge in [0.25, 0.3) is 0 Å². The first kappa shape index (κ1) is 13.7. The molecule has 86 valence electrons. The molecule has 0 aromatic heterocycles. The summed E-state index contributed by atoms with van der Waals surface area (Å²) >= 11 is 0. The predicted octanol–water partition coefficient (Wildman–Crippen LogP) is 1.52. The first-order chi connectivity index (χ1) is 6.79. The molecule has 0 fully saturated rings. The highest BCUT2D eigenvalue weighted by Gasteiger charge is 2.26. The molecule has 0 rings (SSSR count). The highest BCUT2D eigenvalue weighted by molar-refractivity contribution is 5.82. The Morgan fingerprint density at radius 3 is 2.27 bits per heavy atom. The molecule has 0 aliphatic carbocycles. The van der Waals surface area contributed by atoms with Crippen LogP contribution in [0.4, 0.5) is 0 Å². The summed E-state index contributed by atoms with van der Waals surface area (Å²) in [6.45, 7) is 9.61. The number of nitrogens with zero attached hydrogens (tertiary/aromatic N) is 1. The van der Waals surface area contributed by atoms with Gasteiger partial charge in [0.05, 0.1) is 6.42 Å². The van der Waals surface area contributed by atoms with Crippen molar-refractivity contribution in [2.24, 2.45) is 5.41 Å². The van der Waals surface area contributed by atoms with Crippen molar-refractivity contribution in [2.45, 2.75) is 27.2 Å². The predicted molar refractivity (Wildman–Crippen MR) is 58.5 cm³/mol.